The van der Waals surface area contributed by atoms with Gasteiger partial charge < -0.3 is 14.4 Å². The highest BCUT2D eigenvalue weighted by atomic mass is 16.6. The fraction of sp³-hybridized carbons (Fsp3) is 0.400. The summed E-state index contributed by atoms with van der Waals surface area (Å²) >= 11 is 0. The van der Waals surface area contributed by atoms with Crippen molar-refractivity contribution in [1.82, 2.24) is 19.9 Å². The highest BCUT2D eigenvalue weighted by molar-refractivity contribution is 5.57. The van der Waals surface area contributed by atoms with Crippen molar-refractivity contribution in [3.05, 3.63) is 60.0 Å². The van der Waals surface area contributed by atoms with Crippen LogP contribution in [0.4, 0.5) is 5.82 Å². The second-order valence-corrected chi connectivity index (χ2v) is 8.66. The number of hydrogen-bond donors (Lipinski definition) is 0. The lowest BCUT2D eigenvalue weighted by Crippen LogP contribution is -2.34. The first-order valence-electron chi connectivity index (χ1n) is 11.2. The molecule has 1 fully saturated rings. The topological polar surface area (TPSA) is 63.6 Å². The molecule has 166 valence electrons. The lowest BCUT2D eigenvalue weighted by molar-refractivity contribution is 0.170. The van der Waals surface area contributed by atoms with Crippen molar-refractivity contribution in [2.45, 2.75) is 25.3 Å². The van der Waals surface area contributed by atoms with Gasteiger partial charge in [-0.05, 0) is 49.2 Å². The maximum Gasteiger partial charge on any atom is 0.161 e. The lowest BCUT2D eigenvalue weighted by atomic mass is 9.93. The molecule has 1 atom stereocenters. The van der Waals surface area contributed by atoms with Crippen LogP contribution in [0.5, 0.6) is 11.5 Å². The molecule has 0 radical (unpaired) electrons. The van der Waals surface area contributed by atoms with E-state index in [1.54, 1.807) is 12.4 Å². The minimum atomic E-state index is 0.378. The van der Waals surface area contributed by atoms with Gasteiger partial charge in [0.25, 0.3) is 0 Å². The summed E-state index contributed by atoms with van der Waals surface area (Å²) < 4.78 is 11.4. The van der Waals surface area contributed by atoms with Gasteiger partial charge >= 0.3 is 0 Å². The maximum absolute atomic E-state index is 5.76. The number of benzene rings is 1. The zero-order valence-electron chi connectivity index (χ0n) is 18.7. The van der Waals surface area contributed by atoms with Crippen LogP contribution in [-0.2, 0) is 6.54 Å². The first-order valence-corrected chi connectivity index (χ1v) is 11.2. The van der Waals surface area contributed by atoms with Crippen LogP contribution in [0, 0.1) is 0 Å². The Morgan fingerprint density at radius 3 is 2.62 bits per heavy atom. The normalized spacial score (nSPS) is 18.4. The highest BCUT2D eigenvalue weighted by Gasteiger charge is 2.24. The second kappa shape index (κ2) is 9.12. The van der Waals surface area contributed by atoms with Crippen molar-refractivity contribution < 1.29 is 9.47 Å². The van der Waals surface area contributed by atoms with Gasteiger partial charge in [0.05, 0.1) is 5.69 Å². The third kappa shape index (κ3) is 4.53. The molecule has 1 aromatic carbocycles. The Morgan fingerprint density at radius 2 is 1.81 bits per heavy atom. The second-order valence-electron chi connectivity index (χ2n) is 8.66. The summed E-state index contributed by atoms with van der Waals surface area (Å²) in [7, 11) is 4.05. The number of aromatic nitrogens is 3. The molecule has 1 saturated heterocycles. The van der Waals surface area contributed by atoms with Crippen molar-refractivity contribution in [3.63, 3.8) is 0 Å². The van der Waals surface area contributed by atoms with Gasteiger partial charge in [-0.25, -0.2) is 9.97 Å². The van der Waals surface area contributed by atoms with Gasteiger partial charge in [-0.1, -0.05) is 6.07 Å². The van der Waals surface area contributed by atoms with Crippen LogP contribution in [-0.4, -0.2) is 60.3 Å². The van der Waals surface area contributed by atoms with Crippen molar-refractivity contribution in [2.75, 3.05) is 45.3 Å². The average Bonchev–Trinajstić information content (AvgIpc) is 2.84. The van der Waals surface area contributed by atoms with Crippen molar-refractivity contribution in [2.24, 2.45) is 0 Å². The van der Waals surface area contributed by atoms with Crippen LogP contribution in [0.3, 0.4) is 0 Å². The van der Waals surface area contributed by atoms with Crippen molar-refractivity contribution >= 4 is 5.82 Å². The van der Waals surface area contributed by atoms with E-state index in [1.165, 1.54) is 5.56 Å². The monoisotopic (exact) mass is 431 g/mol. The lowest BCUT2D eigenvalue weighted by Gasteiger charge is -2.33. The Balaban J connectivity index is 1.36. The number of likely N-dealkylation sites (tertiary alicyclic amines) is 1. The van der Waals surface area contributed by atoms with Gasteiger partial charge in [-0.3, -0.25) is 9.88 Å². The molecule has 7 heteroatoms. The number of piperidine rings is 1. The molecule has 2 aliphatic rings. The fourth-order valence-electron chi connectivity index (χ4n) is 4.41. The van der Waals surface area contributed by atoms with E-state index >= 15 is 0 Å². The van der Waals surface area contributed by atoms with Gasteiger partial charge in [-0.2, -0.15) is 0 Å². The molecule has 2 aromatic heterocycles. The SMILES string of the molecule is CN(C)c1cc([C@H]2CCCN(Cc3ccc4c(c3)OCCO4)C2)nc(-c2ccncc2)n1. The Hall–Kier alpha value is -3.19. The summed E-state index contributed by atoms with van der Waals surface area (Å²) in [4.78, 5) is 18.4. The third-order valence-corrected chi connectivity index (χ3v) is 6.07. The van der Waals surface area contributed by atoms with E-state index in [0.29, 0.717) is 19.1 Å². The van der Waals surface area contributed by atoms with Gasteiger partial charge in [-0.15, -0.1) is 0 Å². The van der Waals surface area contributed by atoms with Crippen LogP contribution in [0.1, 0.15) is 30.0 Å². The van der Waals surface area contributed by atoms with E-state index in [0.717, 1.165) is 66.9 Å². The zero-order chi connectivity index (χ0) is 21.9. The molecular weight excluding hydrogens is 402 g/mol. The molecule has 0 bridgehead atoms. The number of fused-ring (bicyclic) bond motifs is 1. The van der Waals surface area contributed by atoms with E-state index < -0.39 is 0 Å². The van der Waals surface area contributed by atoms with E-state index in [9.17, 15) is 0 Å². The highest BCUT2D eigenvalue weighted by Crippen LogP contribution is 2.33. The molecule has 0 saturated carbocycles. The molecule has 3 aromatic rings. The predicted molar refractivity (Wildman–Crippen MR) is 124 cm³/mol. The molecule has 5 rings (SSSR count). The Morgan fingerprint density at radius 1 is 1.00 bits per heavy atom. The van der Waals surface area contributed by atoms with Crippen molar-refractivity contribution in [1.29, 1.82) is 0 Å². The summed E-state index contributed by atoms with van der Waals surface area (Å²) in [6, 6.07) is 12.4. The summed E-state index contributed by atoms with van der Waals surface area (Å²) in [5.74, 6) is 3.78. The van der Waals surface area contributed by atoms with E-state index in [4.69, 9.17) is 19.4 Å². The fourth-order valence-corrected chi connectivity index (χ4v) is 4.41. The molecule has 2 aliphatic heterocycles. The van der Waals surface area contributed by atoms with Gasteiger partial charge in [0.1, 0.15) is 19.0 Å². The molecule has 0 unspecified atom stereocenters. The first kappa shape index (κ1) is 20.7. The van der Waals surface area contributed by atoms with Gasteiger partial charge in [0.2, 0.25) is 0 Å². The maximum atomic E-state index is 5.76. The Kier molecular flexibility index (Phi) is 5.90. The van der Waals surface area contributed by atoms with Crippen LogP contribution < -0.4 is 14.4 Å². The minimum Gasteiger partial charge on any atom is -0.486 e. The van der Waals surface area contributed by atoms with E-state index in [2.05, 4.69) is 28.1 Å². The van der Waals surface area contributed by atoms with Crippen LogP contribution in [0.15, 0.2) is 48.8 Å². The smallest absolute Gasteiger partial charge is 0.161 e. The summed E-state index contributed by atoms with van der Waals surface area (Å²) in [5, 5.41) is 0. The quantitative estimate of drug-likeness (QED) is 0.610. The van der Waals surface area contributed by atoms with Crippen LogP contribution in [0.2, 0.25) is 0 Å². The molecule has 0 aliphatic carbocycles. The standard InChI is InChI=1S/C25H29N5O2/c1-29(2)24-15-21(27-25(28-24)19-7-9-26-10-8-19)20-4-3-11-30(17-20)16-18-5-6-22-23(14-18)32-13-12-31-22/h5-10,14-15,20H,3-4,11-13,16-17H2,1-2H3/t20-/m0/s1. The number of pyridine rings is 1. The van der Waals surface area contributed by atoms with E-state index in [-0.39, 0.29) is 0 Å². The van der Waals surface area contributed by atoms with Gasteiger partial charge in [0, 0.05) is 57.1 Å². The van der Waals surface area contributed by atoms with Crippen LogP contribution in [0.25, 0.3) is 11.4 Å². The minimum absolute atomic E-state index is 0.378. The number of hydrogen-bond acceptors (Lipinski definition) is 7. The Labute approximate surface area is 189 Å². The molecule has 0 amide bonds. The van der Waals surface area contributed by atoms with Crippen LogP contribution >= 0.6 is 0 Å². The third-order valence-electron chi connectivity index (χ3n) is 6.07. The largest absolute Gasteiger partial charge is 0.486 e. The molecule has 7 nitrogen and oxygen atoms in total. The predicted octanol–water partition coefficient (Wildman–Crippen LogP) is 3.76. The average molecular weight is 432 g/mol. The Bertz CT molecular complexity index is 1070. The molecular formula is C25H29N5O2. The first-order chi connectivity index (χ1) is 15.7. The number of nitrogens with zero attached hydrogens (tertiary/aromatic N) is 5. The molecule has 0 N–H and O–H groups in total. The van der Waals surface area contributed by atoms with Crippen molar-refractivity contribution in [3.8, 4) is 22.9 Å². The number of rotatable bonds is 5. The van der Waals surface area contributed by atoms with E-state index in [1.807, 2.05) is 37.2 Å². The molecule has 32 heavy (non-hydrogen) atoms. The molecule has 4 heterocycles. The summed E-state index contributed by atoms with van der Waals surface area (Å²) in [5.41, 5.74) is 3.36. The number of ether oxygens (including phenoxy) is 2. The number of anilines is 1. The van der Waals surface area contributed by atoms with Gasteiger partial charge in [0.15, 0.2) is 17.3 Å². The zero-order valence-corrected chi connectivity index (χ0v) is 18.7. The summed E-state index contributed by atoms with van der Waals surface area (Å²) in [6.45, 7) is 4.21. The summed E-state index contributed by atoms with van der Waals surface area (Å²) in [6.07, 6.45) is 5.87. The molecule has 0 spiro atoms.